The van der Waals surface area contributed by atoms with Crippen molar-refractivity contribution >= 4 is 38.4 Å². The third kappa shape index (κ3) is 4.25. The maximum Gasteiger partial charge on any atom is 0.176 e. The molecule has 10 nitrogen and oxygen atoms in total. The summed E-state index contributed by atoms with van der Waals surface area (Å²) in [6, 6.07) is 6.05. The van der Waals surface area contributed by atoms with Gasteiger partial charge in [0.25, 0.3) is 0 Å². The van der Waals surface area contributed by atoms with Crippen LogP contribution in [-0.4, -0.2) is 106 Å². The summed E-state index contributed by atoms with van der Waals surface area (Å²) in [5.41, 5.74) is 2.68. The highest BCUT2D eigenvalue weighted by Crippen LogP contribution is 2.34. The van der Waals surface area contributed by atoms with E-state index in [2.05, 4.69) is 24.9 Å². The maximum absolute atomic E-state index is 9.19. The monoisotopic (exact) mass is 480 g/mol. The summed E-state index contributed by atoms with van der Waals surface area (Å²) in [6.45, 7) is 8.69. The molecule has 1 aromatic carbocycles. The second-order valence-electron chi connectivity index (χ2n) is 8.71. The quantitative estimate of drug-likeness (QED) is 0.425. The van der Waals surface area contributed by atoms with E-state index in [-0.39, 0.29) is 6.61 Å². The summed E-state index contributed by atoms with van der Waals surface area (Å²) >= 11 is 1.70. The topological polar surface area (TPSA) is 107 Å². The number of fused-ring (bicyclic) bond motifs is 2. The zero-order chi connectivity index (χ0) is 22.9. The van der Waals surface area contributed by atoms with Crippen LogP contribution in [0.15, 0.2) is 24.4 Å². The molecule has 5 heterocycles. The van der Waals surface area contributed by atoms with E-state index in [1.807, 2.05) is 24.4 Å². The summed E-state index contributed by atoms with van der Waals surface area (Å²) in [5, 5.41) is 18.5. The third-order valence-corrected chi connectivity index (χ3v) is 7.58. The molecule has 2 N–H and O–H groups in total. The summed E-state index contributed by atoms with van der Waals surface area (Å²) in [5.74, 6) is 1.62. The molecule has 0 spiro atoms. The van der Waals surface area contributed by atoms with Crippen molar-refractivity contribution in [1.29, 1.82) is 0 Å². The Labute approximate surface area is 201 Å². The number of nitrogens with one attached hydrogen (secondary N) is 1. The largest absolute Gasteiger partial charge is 0.395 e. The number of aromatic nitrogens is 5. The second-order valence-corrected chi connectivity index (χ2v) is 9.79. The highest BCUT2D eigenvalue weighted by Gasteiger charge is 2.23. The standard InChI is InChI=1S/C23H28N8O2S/c32-11-8-29-4-6-30(7-5-29)15-19-25-22-20(34-19)23(31-9-12-33-13-10-31)27-21(26-22)16-2-1-3-18-17(16)14-24-28-18/h1-3,14,32H,4-13,15H2,(H,24,28). The van der Waals surface area contributed by atoms with E-state index in [0.29, 0.717) is 19.0 Å². The highest BCUT2D eigenvalue weighted by molar-refractivity contribution is 7.19. The Bertz CT molecular complexity index is 1280. The van der Waals surface area contributed by atoms with E-state index in [9.17, 15) is 5.11 Å². The van der Waals surface area contributed by atoms with Gasteiger partial charge < -0.3 is 14.7 Å². The number of β-amino-alcohol motifs (C(OH)–C–C–N with tert-alkyl or cyclic N) is 1. The number of aliphatic hydroxyl groups is 1. The molecule has 178 valence electrons. The van der Waals surface area contributed by atoms with Gasteiger partial charge in [-0.2, -0.15) is 5.10 Å². The summed E-state index contributed by atoms with van der Waals surface area (Å²) < 4.78 is 6.63. The van der Waals surface area contributed by atoms with E-state index in [0.717, 1.165) is 90.0 Å². The molecule has 3 aromatic heterocycles. The predicted octanol–water partition coefficient (Wildman–Crippen LogP) is 1.58. The Morgan fingerprint density at radius 1 is 1.00 bits per heavy atom. The van der Waals surface area contributed by atoms with Gasteiger partial charge in [0.15, 0.2) is 17.3 Å². The number of ether oxygens (including phenoxy) is 1. The first-order chi connectivity index (χ1) is 16.8. The molecule has 0 radical (unpaired) electrons. The van der Waals surface area contributed by atoms with Crippen LogP contribution in [0.25, 0.3) is 32.6 Å². The van der Waals surface area contributed by atoms with Crippen LogP contribution in [0.5, 0.6) is 0 Å². The van der Waals surface area contributed by atoms with Gasteiger partial charge >= 0.3 is 0 Å². The molecule has 2 saturated heterocycles. The number of rotatable bonds is 6. The van der Waals surface area contributed by atoms with Gasteiger partial charge in [0.2, 0.25) is 0 Å². The minimum Gasteiger partial charge on any atom is -0.395 e. The number of aromatic amines is 1. The molecule has 2 aliphatic rings. The molecule has 0 atom stereocenters. The van der Waals surface area contributed by atoms with Gasteiger partial charge in [0.05, 0.1) is 38.1 Å². The Kier molecular flexibility index (Phi) is 6.10. The van der Waals surface area contributed by atoms with Crippen LogP contribution < -0.4 is 4.90 Å². The van der Waals surface area contributed by atoms with E-state index in [1.54, 1.807) is 11.3 Å². The molecule has 0 amide bonds. The lowest BCUT2D eigenvalue weighted by molar-refractivity contribution is 0.108. The van der Waals surface area contributed by atoms with Crippen molar-refractivity contribution in [3.8, 4) is 11.4 Å². The minimum absolute atomic E-state index is 0.218. The number of anilines is 1. The average molecular weight is 481 g/mol. The lowest BCUT2D eigenvalue weighted by Gasteiger charge is -2.33. The number of aliphatic hydroxyl groups excluding tert-OH is 1. The van der Waals surface area contributed by atoms with Gasteiger partial charge in [-0.1, -0.05) is 12.1 Å². The Balaban J connectivity index is 1.35. The first-order valence-electron chi connectivity index (χ1n) is 11.8. The van der Waals surface area contributed by atoms with Gasteiger partial charge in [0.1, 0.15) is 9.71 Å². The van der Waals surface area contributed by atoms with Gasteiger partial charge in [-0.3, -0.25) is 14.9 Å². The van der Waals surface area contributed by atoms with E-state index < -0.39 is 0 Å². The number of morpholine rings is 1. The lowest BCUT2D eigenvalue weighted by atomic mass is 10.1. The van der Waals surface area contributed by atoms with E-state index in [1.165, 1.54) is 0 Å². The number of benzene rings is 1. The molecule has 0 bridgehead atoms. The van der Waals surface area contributed by atoms with Crippen molar-refractivity contribution < 1.29 is 9.84 Å². The van der Waals surface area contributed by atoms with Crippen molar-refractivity contribution in [2.75, 3.05) is 70.5 Å². The summed E-state index contributed by atoms with van der Waals surface area (Å²) in [7, 11) is 0. The first-order valence-corrected chi connectivity index (χ1v) is 12.6. The van der Waals surface area contributed by atoms with Crippen LogP contribution in [0.1, 0.15) is 5.01 Å². The highest BCUT2D eigenvalue weighted by atomic mass is 32.1. The Hall–Kier alpha value is -2.70. The molecule has 0 aliphatic carbocycles. The molecular formula is C23H28N8O2S. The summed E-state index contributed by atoms with van der Waals surface area (Å²) in [4.78, 5) is 22.0. The molecule has 0 saturated carbocycles. The van der Waals surface area contributed by atoms with Crippen molar-refractivity contribution in [2.45, 2.75) is 6.54 Å². The normalized spacial score (nSPS) is 18.3. The lowest BCUT2D eigenvalue weighted by Crippen LogP contribution is -2.46. The van der Waals surface area contributed by atoms with Crippen LogP contribution in [0, 0.1) is 0 Å². The zero-order valence-electron chi connectivity index (χ0n) is 19.0. The molecule has 34 heavy (non-hydrogen) atoms. The fraction of sp³-hybridized carbons (Fsp3) is 0.478. The Morgan fingerprint density at radius 3 is 2.65 bits per heavy atom. The number of nitrogens with zero attached hydrogens (tertiary/aromatic N) is 7. The predicted molar refractivity (Wildman–Crippen MR) is 132 cm³/mol. The first kappa shape index (κ1) is 21.8. The third-order valence-electron chi connectivity index (χ3n) is 6.56. The Morgan fingerprint density at radius 2 is 1.82 bits per heavy atom. The number of piperazine rings is 1. The van der Waals surface area contributed by atoms with Gasteiger partial charge in [-0.05, 0) is 6.07 Å². The van der Waals surface area contributed by atoms with Crippen LogP contribution >= 0.6 is 11.3 Å². The molecule has 2 aliphatic heterocycles. The molecule has 0 unspecified atom stereocenters. The van der Waals surface area contributed by atoms with Crippen molar-refractivity contribution in [3.05, 3.63) is 29.4 Å². The molecule has 2 fully saturated rings. The number of hydrogen-bond donors (Lipinski definition) is 2. The van der Waals surface area contributed by atoms with Gasteiger partial charge in [0, 0.05) is 56.8 Å². The smallest absolute Gasteiger partial charge is 0.176 e. The fourth-order valence-electron chi connectivity index (χ4n) is 4.70. The van der Waals surface area contributed by atoms with E-state index in [4.69, 9.17) is 19.7 Å². The van der Waals surface area contributed by atoms with Crippen LogP contribution in [0.4, 0.5) is 5.82 Å². The molecule has 4 aromatic rings. The van der Waals surface area contributed by atoms with Gasteiger partial charge in [-0.25, -0.2) is 15.0 Å². The van der Waals surface area contributed by atoms with E-state index >= 15 is 0 Å². The average Bonchev–Trinajstić information content (AvgIpc) is 3.52. The van der Waals surface area contributed by atoms with Crippen molar-refractivity contribution in [1.82, 2.24) is 34.9 Å². The molecular weight excluding hydrogens is 452 g/mol. The molecule has 6 rings (SSSR count). The zero-order valence-corrected chi connectivity index (χ0v) is 19.8. The second kappa shape index (κ2) is 9.51. The van der Waals surface area contributed by atoms with Crippen molar-refractivity contribution in [3.63, 3.8) is 0 Å². The van der Waals surface area contributed by atoms with Crippen molar-refractivity contribution in [2.24, 2.45) is 0 Å². The minimum atomic E-state index is 0.218. The van der Waals surface area contributed by atoms with Crippen LogP contribution in [0.3, 0.4) is 0 Å². The number of H-pyrrole nitrogens is 1. The maximum atomic E-state index is 9.19. The summed E-state index contributed by atoms with van der Waals surface area (Å²) in [6.07, 6.45) is 1.83. The van der Waals surface area contributed by atoms with Crippen LogP contribution in [-0.2, 0) is 11.3 Å². The van der Waals surface area contributed by atoms with Gasteiger partial charge in [-0.15, -0.1) is 11.3 Å². The van der Waals surface area contributed by atoms with Crippen LogP contribution in [0.2, 0.25) is 0 Å². The molecule has 11 heteroatoms. The fourth-order valence-corrected chi connectivity index (χ4v) is 5.76. The number of thiazole rings is 1. The SMILES string of the molecule is OCCN1CCN(Cc2nc3nc(-c4cccc5[nH]ncc45)nc(N4CCOCC4)c3s2)CC1. The number of hydrogen-bond acceptors (Lipinski definition) is 10.